The molecule has 1 aliphatic heterocycles. The second kappa shape index (κ2) is 7.74. The minimum absolute atomic E-state index is 0.127. The van der Waals surface area contributed by atoms with Crippen LogP contribution in [0.1, 0.15) is 35.6 Å². The number of hydrogen-bond donors (Lipinski definition) is 3. The van der Waals surface area contributed by atoms with Gasteiger partial charge in [-0.25, -0.2) is 4.79 Å². The predicted octanol–water partition coefficient (Wildman–Crippen LogP) is 4.29. The van der Waals surface area contributed by atoms with Crippen LogP contribution in [0.4, 0.5) is 29.3 Å². The highest BCUT2D eigenvalue weighted by atomic mass is 19.4. The Morgan fingerprint density at radius 2 is 1.70 bits per heavy atom. The Morgan fingerprint density at radius 3 is 2.23 bits per heavy atom. The van der Waals surface area contributed by atoms with E-state index in [-0.39, 0.29) is 11.3 Å². The number of allylic oxidation sites excluding steroid dienone is 1. The molecule has 3 rings (SSSR count). The van der Waals surface area contributed by atoms with Gasteiger partial charge in [0, 0.05) is 16.9 Å². The third kappa shape index (κ3) is 3.96. The number of nitrogens with two attached hydrogens (primary N) is 1. The topological polar surface area (TPSA) is 87.5 Å². The maximum Gasteiger partial charge on any atom is 0.416 e. The maximum absolute atomic E-state index is 13.4. The molecule has 0 radical (unpaired) electrons. The summed E-state index contributed by atoms with van der Waals surface area (Å²) in [6.45, 7) is 5.43. The largest absolute Gasteiger partial charge is 0.416 e. The number of carbonyl (C=O) groups excluding carboxylic acids is 2. The molecule has 1 heterocycles. The molecule has 1 aliphatic rings. The van der Waals surface area contributed by atoms with Gasteiger partial charge in [0.1, 0.15) is 0 Å². The van der Waals surface area contributed by atoms with Gasteiger partial charge < -0.3 is 11.2 Å². The van der Waals surface area contributed by atoms with E-state index in [2.05, 4.69) is 10.9 Å². The molecule has 0 atom stereocenters. The lowest BCUT2D eigenvalue weighted by Gasteiger charge is -2.20. The van der Waals surface area contributed by atoms with Crippen molar-refractivity contribution in [2.45, 2.75) is 33.4 Å². The Labute approximate surface area is 171 Å². The van der Waals surface area contributed by atoms with Crippen LogP contribution >= 0.6 is 0 Å². The molecule has 0 spiro atoms. The Bertz CT molecular complexity index is 1040. The van der Waals surface area contributed by atoms with E-state index in [1.807, 2.05) is 19.9 Å². The van der Waals surface area contributed by atoms with Crippen LogP contribution in [-0.4, -0.2) is 11.9 Å². The van der Waals surface area contributed by atoms with E-state index in [0.717, 1.165) is 23.3 Å². The summed E-state index contributed by atoms with van der Waals surface area (Å²) in [6, 6.07) is 7.69. The van der Waals surface area contributed by atoms with Gasteiger partial charge in [0.25, 0.3) is 5.91 Å². The van der Waals surface area contributed by atoms with Gasteiger partial charge in [-0.2, -0.15) is 13.2 Å². The molecule has 2 aromatic carbocycles. The van der Waals surface area contributed by atoms with Crippen molar-refractivity contribution in [1.82, 2.24) is 10.9 Å². The molecule has 0 fully saturated rings. The first-order valence-electron chi connectivity index (χ1n) is 9.22. The number of rotatable bonds is 4. The third-order valence-corrected chi connectivity index (χ3v) is 4.71. The average molecular weight is 418 g/mol. The Kier molecular flexibility index (Phi) is 5.47. The maximum atomic E-state index is 13.4. The van der Waals surface area contributed by atoms with Crippen LogP contribution in [0.25, 0.3) is 5.57 Å². The van der Waals surface area contributed by atoms with Gasteiger partial charge in [-0.05, 0) is 55.7 Å². The molecule has 2 aromatic rings. The molecule has 4 N–H and O–H groups in total. The van der Waals surface area contributed by atoms with Crippen LogP contribution in [0.3, 0.4) is 0 Å². The molecule has 6 nitrogen and oxygen atoms in total. The average Bonchev–Trinajstić information content (AvgIpc) is 2.92. The summed E-state index contributed by atoms with van der Waals surface area (Å²) in [5.74, 6) is -0.495. The van der Waals surface area contributed by atoms with Crippen LogP contribution in [0, 0.1) is 13.8 Å². The molecular weight excluding hydrogens is 397 g/mol. The summed E-state index contributed by atoms with van der Waals surface area (Å²) in [5.41, 5.74) is 12.2. The van der Waals surface area contributed by atoms with Crippen molar-refractivity contribution in [3.05, 3.63) is 64.3 Å². The van der Waals surface area contributed by atoms with Crippen LogP contribution < -0.4 is 21.5 Å². The van der Waals surface area contributed by atoms with Crippen molar-refractivity contribution in [2.75, 3.05) is 4.90 Å². The number of aryl methyl sites for hydroxylation is 2. The second-order valence-corrected chi connectivity index (χ2v) is 7.04. The zero-order valence-corrected chi connectivity index (χ0v) is 16.6. The fourth-order valence-corrected chi connectivity index (χ4v) is 3.53. The Morgan fingerprint density at radius 1 is 1.07 bits per heavy atom. The van der Waals surface area contributed by atoms with Gasteiger partial charge in [0.15, 0.2) is 0 Å². The highest BCUT2D eigenvalue weighted by Gasteiger charge is 2.39. The SMILES string of the molecule is CC/C(NNC(N)=O)=C1/C(=O)N(c2cc(C)cc(C)c2)c2cc(C(F)(F)F)ccc21. The fourth-order valence-electron chi connectivity index (χ4n) is 3.53. The van der Waals surface area contributed by atoms with E-state index in [1.54, 1.807) is 19.1 Å². The van der Waals surface area contributed by atoms with Crippen LogP contribution in [0.2, 0.25) is 0 Å². The van der Waals surface area contributed by atoms with Crippen LogP contribution in [0.5, 0.6) is 0 Å². The number of hydrazine groups is 1. The Hall–Kier alpha value is -3.49. The van der Waals surface area contributed by atoms with Gasteiger partial charge >= 0.3 is 12.2 Å². The first-order chi connectivity index (χ1) is 14.0. The number of alkyl halides is 3. The number of halogens is 3. The lowest BCUT2D eigenvalue weighted by Crippen LogP contribution is -2.41. The number of anilines is 2. The molecule has 158 valence electrons. The molecular formula is C21H21F3N4O2. The molecule has 0 aromatic heterocycles. The van der Waals surface area contributed by atoms with Crippen molar-refractivity contribution >= 4 is 28.9 Å². The number of amides is 3. The van der Waals surface area contributed by atoms with Crippen molar-refractivity contribution in [2.24, 2.45) is 5.73 Å². The second-order valence-electron chi connectivity index (χ2n) is 7.04. The van der Waals surface area contributed by atoms with E-state index in [0.29, 0.717) is 23.4 Å². The lowest BCUT2D eigenvalue weighted by molar-refractivity contribution is -0.137. The van der Waals surface area contributed by atoms with E-state index < -0.39 is 23.7 Å². The fraction of sp³-hybridized carbons (Fsp3) is 0.238. The van der Waals surface area contributed by atoms with Gasteiger partial charge in [0.2, 0.25) is 0 Å². The summed E-state index contributed by atoms with van der Waals surface area (Å²) in [6.07, 6.45) is -4.25. The molecule has 9 heteroatoms. The van der Waals surface area contributed by atoms with Gasteiger partial charge in [-0.1, -0.05) is 19.1 Å². The van der Waals surface area contributed by atoms with Gasteiger partial charge in [-0.15, -0.1) is 0 Å². The molecule has 0 saturated carbocycles. The number of urea groups is 1. The normalized spacial score (nSPS) is 15.1. The standard InChI is InChI=1S/C21H21F3N4O2/c1-4-16(26-27-20(25)30)18-15-6-5-13(21(22,23)24)10-17(15)28(19(18)29)14-8-11(2)7-12(3)9-14/h5-10,26H,4H2,1-3H3,(H3,25,27,30)/b18-16-. The third-order valence-electron chi connectivity index (χ3n) is 4.71. The summed E-state index contributed by atoms with van der Waals surface area (Å²) in [4.78, 5) is 25.7. The summed E-state index contributed by atoms with van der Waals surface area (Å²) >= 11 is 0. The van der Waals surface area contributed by atoms with Crippen LogP contribution in [0.15, 0.2) is 42.1 Å². The number of nitrogens with zero attached hydrogens (tertiary/aromatic N) is 1. The molecule has 3 amide bonds. The number of fused-ring (bicyclic) bond motifs is 1. The zero-order chi connectivity index (χ0) is 22.2. The number of benzene rings is 2. The smallest absolute Gasteiger partial charge is 0.350 e. The van der Waals surface area contributed by atoms with E-state index in [1.165, 1.54) is 11.0 Å². The number of carbonyl (C=O) groups is 2. The van der Waals surface area contributed by atoms with Gasteiger partial charge in [0.05, 0.1) is 16.8 Å². The highest BCUT2D eigenvalue weighted by molar-refractivity contribution is 6.35. The zero-order valence-electron chi connectivity index (χ0n) is 16.6. The summed E-state index contributed by atoms with van der Waals surface area (Å²) < 4.78 is 40.1. The minimum atomic E-state index is -4.56. The molecule has 0 unspecified atom stereocenters. The number of hydrogen-bond acceptors (Lipinski definition) is 3. The lowest BCUT2D eigenvalue weighted by atomic mass is 10.0. The van der Waals surface area contributed by atoms with Crippen molar-refractivity contribution in [1.29, 1.82) is 0 Å². The minimum Gasteiger partial charge on any atom is -0.350 e. The van der Waals surface area contributed by atoms with Gasteiger partial charge in [-0.3, -0.25) is 15.1 Å². The summed E-state index contributed by atoms with van der Waals surface area (Å²) in [5, 5.41) is 0. The van der Waals surface area contributed by atoms with Crippen molar-refractivity contribution in [3.63, 3.8) is 0 Å². The highest BCUT2D eigenvalue weighted by Crippen LogP contribution is 2.45. The Balaban J connectivity index is 2.25. The van der Waals surface area contributed by atoms with Crippen molar-refractivity contribution in [3.8, 4) is 0 Å². The summed E-state index contributed by atoms with van der Waals surface area (Å²) in [7, 11) is 0. The number of primary amides is 1. The van der Waals surface area contributed by atoms with E-state index >= 15 is 0 Å². The molecule has 0 bridgehead atoms. The first-order valence-corrected chi connectivity index (χ1v) is 9.22. The monoisotopic (exact) mass is 418 g/mol. The molecule has 0 aliphatic carbocycles. The first kappa shape index (κ1) is 21.2. The number of nitrogens with one attached hydrogen (secondary N) is 2. The van der Waals surface area contributed by atoms with E-state index in [9.17, 15) is 22.8 Å². The van der Waals surface area contributed by atoms with E-state index in [4.69, 9.17) is 5.73 Å². The molecule has 30 heavy (non-hydrogen) atoms. The van der Waals surface area contributed by atoms with Crippen molar-refractivity contribution < 1.29 is 22.8 Å². The quantitative estimate of drug-likeness (QED) is 0.511. The predicted molar refractivity (Wildman–Crippen MR) is 108 cm³/mol. The van der Waals surface area contributed by atoms with Crippen LogP contribution in [-0.2, 0) is 11.0 Å². The molecule has 0 saturated heterocycles.